The fourth-order valence-corrected chi connectivity index (χ4v) is 3.42. The molecule has 0 aromatic heterocycles. The number of hydrogen-bond acceptors (Lipinski definition) is 4. The number of carbonyl (C=O) groups is 1. The van der Waals surface area contributed by atoms with Gasteiger partial charge in [0.05, 0.1) is 26.4 Å². The first kappa shape index (κ1) is 17.3. The molecule has 2 aromatic carbocycles. The number of fused-ring (bicyclic) bond motifs is 1. The van der Waals surface area contributed by atoms with Crippen molar-refractivity contribution in [2.45, 2.75) is 19.0 Å². The Labute approximate surface area is 148 Å². The van der Waals surface area contributed by atoms with Crippen molar-refractivity contribution < 1.29 is 19.0 Å². The van der Waals surface area contributed by atoms with E-state index in [4.69, 9.17) is 14.2 Å². The quantitative estimate of drug-likeness (QED) is 0.809. The number of methoxy groups -OCH3 is 3. The molecule has 0 bridgehead atoms. The summed E-state index contributed by atoms with van der Waals surface area (Å²) in [6.45, 7) is 2.95. The fraction of sp³-hybridized carbons (Fsp3) is 0.350. The van der Waals surface area contributed by atoms with Gasteiger partial charge in [-0.25, -0.2) is 0 Å². The van der Waals surface area contributed by atoms with Crippen molar-refractivity contribution in [2.75, 3.05) is 27.9 Å². The lowest BCUT2D eigenvalue weighted by molar-refractivity contribution is 0.0181. The largest absolute Gasteiger partial charge is 0.493 e. The van der Waals surface area contributed by atoms with Crippen LogP contribution in [0.5, 0.6) is 11.5 Å². The van der Waals surface area contributed by atoms with E-state index in [1.807, 2.05) is 54.3 Å². The Hall–Kier alpha value is -2.53. The lowest BCUT2D eigenvalue weighted by Crippen LogP contribution is -2.47. The van der Waals surface area contributed by atoms with Gasteiger partial charge in [0, 0.05) is 19.2 Å². The molecule has 0 saturated heterocycles. The Bertz CT molecular complexity index is 789. The SMILES string of the molecule is COCC(C)(c1ccc(OC)c(OC)c1)N1Cc2ccccc2C1=O. The Balaban J connectivity index is 2.05. The second-order valence-corrected chi connectivity index (χ2v) is 6.33. The first-order valence-electron chi connectivity index (χ1n) is 8.16. The molecule has 2 aromatic rings. The molecule has 5 heteroatoms. The Morgan fingerprint density at radius 3 is 2.40 bits per heavy atom. The molecule has 0 saturated carbocycles. The minimum atomic E-state index is -0.621. The molecule has 25 heavy (non-hydrogen) atoms. The molecule has 1 aliphatic rings. The van der Waals surface area contributed by atoms with Gasteiger partial charge in [-0.3, -0.25) is 4.79 Å². The minimum absolute atomic E-state index is 0.0185. The van der Waals surface area contributed by atoms with Crippen LogP contribution in [0.3, 0.4) is 0 Å². The zero-order chi connectivity index (χ0) is 18.0. The number of amides is 1. The van der Waals surface area contributed by atoms with E-state index in [9.17, 15) is 4.79 Å². The summed E-state index contributed by atoms with van der Waals surface area (Å²) in [4.78, 5) is 14.8. The molecule has 0 fully saturated rings. The van der Waals surface area contributed by atoms with Gasteiger partial charge in [0.1, 0.15) is 0 Å². The lowest BCUT2D eigenvalue weighted by atomic mass is 9.90. The smallest absolute Gasteiger partial charge is 0.255 e. The minimum Gasteiger partial charge on any atom is -0.493 e. The zero-order valence-electron chi connectivity index (χ0n) is 15.0. The molecule has 0 spiro atoms. The van der Waals surface area contributed by atoms with Crippen LogP contribution >= 0.6 is 0 Å². The Morgan fingerprint density at radius 2 is 1.76 bits per heavy atom. The maximum absolute atomic E-state index is 13.0. The number of ether oxygens (including phenoxy) is 3. The van der Waals surface area contributed by atoms with Gasteiger partial charge in [-0.15, -0.1) is 0 Å². The molecular weight excluding hydrogens is 318 g/mol. The van der Waals surface area contributed by atoms with Crippen LogP contribution in [0.15, 0.2) is 42.5 Å². The lowest BCUT2D eigenvalue weighted by Gasteiger charge is -2.39. The predicted molar refractivity (Wildman–Crippen MR) is 95.1 cm³/mol. The summed E-state index contributed by atoms with van der Waals surface area (Å²) in [5.74, 6) is 1.30. The third-order valence-corrected chi connectivity index (χ3v) is 4.85. The normalized spacial score (nSPS) is 15.7. The van der Waals surface area contributed by atoms with Crippen LogP contribution in [0.25, 0.3) is 0 Å². The van der Waals surface area contributed by atoms with Crippen LogP contribution in [0.2, 0.25) is 0 Å². The second kappa shape index (κ2) is 6.76. The summed E-state index contributed by atoms with van der Waals surface area (Å²) in [5, 5.41) is 0. The predicted octanol–water partition coefficient (Wildman–Crippen LogP) is 3.22. The van der Waals surface area contributed by atoms with Crippen LogP contribution in [0, 0.1) is 0 Å². The molecule has 3 rings (SSSR count). The van der Waals surface area contributed by atoms with E-state index < -0.39 is 5.54 Å². The van der Waals surface area contributed by atoms with Crippen molar-refractivity contribution in [2.24, 2.45) is 0 Å². The van der Waals surface area contributed by atoms with Crippen molar-refractivity contribution in [1.29, 1.82) is 0 Å². The third kappa shape index (κ3) is 2.85. The maximum Gasteiger partial charge on any atom is 0.255 e. The molecule has 1 amide bonds. The summed E-state index contributed by atoms with van der Waals surface area (Å²) in [7, 11) is 4.85. The number of nitrogens with zero attached hydrogens (tertiary/aromatic N) is 1. The third-order valence-electron chi connectivity index (χ3n) is 4.85. The maximum atomic E-state index is 13.0. The molecule has 5 nitrogen and oxygen atoms in total. The van der Waals surface area contributed by atoms with Crippen LogP contribution in [-0.2, 0) is 16.8 Å². The first-order chi connectivity index (χ1) is 12.0. The molecule has 1 unspecified atom stereocenters. The van der Waals surface area contributed by atoms with Crippen LogP contribution < -0.4 is 9.47 Å². The van der Waals surface area contributed by atoms with Crippen LogP contribution in [0.1, 0.15) is 28.4 Å². The highest BCUT2D eigenvalue weighted by Gasteiger charge is 2.42. The van der Waals surface area contributed by atoms with E-state index >= 15 is 0 Å². The van der Waals surface area contributed by atoms with Crippen molar-refractivity contribution in [3.05, 3.63) is 59.2 Å². The average molecular weight is 341 g/mol. The zero-order valence-corrected chi connectivity index (χ0v) is 15.0. The molecule has 0 radical (unpaired) electrons. The second-order valence-electron chi connectivity index (χ2n) is 6.33. The standard InChI is InChI=1S/C20H23NO4/c1-20(13-23-2,15-9-10-17(24-3)18(11-15)25-4)21-12-14-7-5-6-8-16(14)19(21)22/h5-11H,12-13H2,1-4H3. The average Bonchev–Trinajstić information content (AvgIpc) is 2.99. The summed E-state index contributed by atoms with van der Waals surface area (Å²) in [5.41, 5.74) is 2.11. The topological polar surface area (TPSA) is 48.0 Å². The highest BCUT2D eigenvalue weighted by atomic mass is 16.5. The molecule has 1 heterocycles. The van der Waals surface area contributed by atoms with E-state index in [0.29, 0.717) is 24.7 Å². The van der Waals surface area contributed by atoms with Crippen molar-refractivity contribution in [3.63, 3.8) is 0 Å². The van der Waals surface area contributed by atoms with E-state index in [-0.39, 0.29) is 5.91 Å². The van der Waals surface area contributed by atoms with Gasteiger partial charge in [-0.2, -0.15) is 0 Å². The summed E-state index contributed by atoms with van der Waals surface area (Å²) in [6.07, 6.45) is 0. The summed E-state index contributed by atoms with van der Waals surface area (Å²) in [6, 6.07) is 13.4. The van der Waals surface area contributed by atoms with Gasteiger partial charge in [0.25, 0.3) is 5.91 Å². The van der Waals surface area contributed by atoms with Gasteiger partial charge in [0.2, 0.25) is 0 Å². The molecular formula is C20H23NO4. The van der Waals surface area contributed by atoms with Gasteiger partial charge in [-0.1, -0.05) is 24.3 Å². The summed E-state index contributed by atoms with van der Waals surface area (Å²) >= 11 is 0. The number of rotatable bonds is 6. The van der Waals surface area contributed by atoms with Crippen molar-refractivity contribution in [1.82, 2.24) is 4.90 Å². The van der Waals surface area contributed by atoms with E-state index in [0.717, 1.165) is 16.7 Å². The number of carbonyl (C=O) groups excluding carboxylic acids is 1. The first-order valence-corrected chi connectivity index (χ1v) is 8.16. The number of hydrogen-bond donors (Lipinski definition) is 0. The van der Waals surface area contributed by atoms with E-state index in [2.05, 4.69) is 0 Å². The van der Waals surface area contributed by atoms with Gasteiger partial charge in [-0.05, 0) is 36.2 Å². The molecule has 1 aliphatic heterocycles. The van der Waals surface area contributed by atoms with E-state index in [1.54, 1.807) is 21.3 Å². The monoisotopic (exact) mass is 341 g/mol. The van der Waals surface area contributed by atoms with Gasteiger partial charge in [0.15, 0.2) is 11.5 Å². The van der Waals surface area contributed by atoms with Gasteiger partial charge >= 0.3 is 0 Å². The molecule has 0 N–H and O–H groups in total. The van der Waals surface area contributed by atoms with Gasteiger partial charge < -0.3 is 19.1 Å². The van der Waals surface area contributed by atoms with Crippen molar-refractivity contribution in [3.8, 4) is 11.5 Å². The fourth-order valence-electron chi connectivity index (χ4n) is 3.42. The van der Waals surface area contributed by atoms with Crippen LogP contribution in [-0.4, -0.2) is 38.7 Å². The molecule has 0 aliphatic carbocycles. The van der Waals surface area contributed by atoms with Crippen molar-refractivity contribution >= 4 is 5.91 Å². The highest BCUT2D eigenvalue weighted by molar-refractivity contribution is 5.98. The van der Waals surface area contributed by atoms with E-state index in [1.165, 1.54) is 0 Å². The molecule has 132 valence electrons. The molecule has 1 atom stereocenters. The Kier molecular flexibility index (Phi) is 4.68. The number of benzene rings is 2. The highest BCUT2D eigenvalue weighted by Crippen LogP contribution is 2.39. The summed E-state index contributed by atoms with van der Waals surface area (Å²) < 4.78 is 16.2. The Morgan fingerprint density at radius 1 is 1.04 bits per heavy atom. The van der Waals surface area contributed by atoms with Crippen LogP contribution in [0.4, 0.5) is 0 Å².